The van der Waals surface area contributed by atoms with Gasteiger partial charge < -0.3 is 5.32 Å². The third-order valence-electron chi connectivity index (χ3n) is 3.05. The number of fused-ring (bicyclic) bond motifs is 1. The van der Waals surface area contributed by atoms with Crippen LogP contribution in [0, 0.1) is 0 Å². The molecule has 0 aromatic heterocycles. The van der Waals surface area contributed by atoms with Crippen LogP contribution in [-0.4, -0.2) is 17.3 Å². The van der Waals surface area contributed by atoms with Crippen molar-refractivity contribution in [1.29, 1.82) is 0 Å². The zero-order chi connectivity index (χ0) is 13.0. The van der Waals surface area contributed by atoms with Gasteiger partial charge in [-0.25, -0.2) is 0 Å². The average Bonchev–Trinajstić information content (AvgIpc) is 2.43. The number of halogens is 1. The lowest BCUT2D eigenvalue weighted by Gasteiger charge is -2.14. The minimum Gasteiger partial charge on any atom is -0.348 e. The van der Waals surface area contributed by atoms with Gasteiger partial charge in [0, 0.05) is 16.9 Å². The summed E-state index contributed by atoms with van der Waals surface area (Å²) < 4.78 is 0. The van der Waals surface area contributed by atoms with Gasteiger partial charge in [0.2, 0.25) is 0 Å². The molecule has 2 rings (SSSR count). The Kier molecular flexibility index (Phi) is 4.37. The fourth-order valence-electron chi connectivity index (χ4n) is 1.94. The number of hydrogen-bond donors (Lipinski definition) is 1. The molecule has 1 amide bonds. The van der Waals surface area contributed by atoms with Gasteiger partial charge in [-0.15, -0.1) is 0 Å². The Morgan fingerprint density at radius 1 is 1.22 bits per heavy atom. The smallest absolute Gasteiger partial charge is 0.252 e. The van der Waals surface area contributed by atoms with Gasteiger partial charge in [0.05, 0.1) is 0 Å². The molecule has 0 aliphatic carbocycles. The first kappa shape index (κ1) is 13.1. The summed E-state index contributed by atoms with van der Waals surface area (Å²) in [6.07, 6.45) is 0.918. The normalized spacial score (nSPS) is 12.3. The van der Waals surface area contributed by atoms with Crippen molar-refractivity contribution in [3.8, 4) is 0 Å². The summed E-state index contributed by atoms with van der Waals surface area (Å²) in [7, 11) is 0. The van der Waals surface area contributed by atoms with Crippen LogP contribution in [0.2, 0.25) is 0 Å². The van der Waals surface area contributed by atoms with Gasteiger partial charge in [-0.2, -0.15) is 0 Å². The molecule has 0 fully saturated rings. The van der Waals surface area contributed by atoms with E-state index in [1.54, 1.807) is 0 Å². The predicted octanol–water partition coefficient (Wildman–Crippen LogP) is 3.74. The molecule has 1 atom stereocenters. The molecule has 2 aromatic carbocycles. The van der Waals surface area contributed by atoms with Crippen LogP contribution >= 0.6 is 15.9 Å². The lowest BCUT2D eigenvalue weighted by molar-refractivity contribution is 0.0942. The van der Waals surface area contributed by atoms with Gasteiger partial charge in [-0.05, 0) is 23.3 Å². The molecule has 0 aliphatic rings. The first-order chi connectivity index (χ1) is 8.76. The van der Waals surface area contributed by atoms with E-state index < -0.39 is 0 Å². The summed E-state index contributed by atoms with van der Waals surface area (Å²) in [6, 6.07) is 13.9. The average molecular weight is 306 g/mol. The fourth-order valence-corrected chi connectivity index (χ4v) is 2.56. The molecule has 0 bridgehead atoms. The number of carbonyl (C=O) groups is 1. The van der Waals surface area contributed by atoms with Crippen LogP contribution in [0.15, 0.2) is 42.5 Å². The Bertz CT molecular complexity index is 544. The highest BCUT2D eigenvalue weighted by atomic mass is 79.9. The quantitative estimate of drug-likeness (QED) is 0.857. The minimum atomic E-state index is -0.00176. The summed E-state index contributed by atoms with van der Waals surface area (Å²) in [5.41, 5.74) is 0.743. The van der Waals surface area contributed by atoms with Crippen molar-refractivity contribution >= 4 is 32.6 Å². The number of amides is 1. The van der Waals surface area contributed by atoms with E-state index in [0.29, 0.717) is 0 Å². The Labute approximate surface area is 116 Å². The second-order valence-electron chi connectivity index (χ2n) is 4.26. The Morgan fingerprint density at radius 2 is 1.94 bits per heavy atom. The highest BCUT2D eigenvalue weighted by molar-refractivity contribution is 9.09. The van der Waals surface area contributed by atoms with Crippen LogP contribution in [-0.2, 0) is 0 Å². The molecule has 94 valence electrons. The highest BCUT2D eigenvalue weighted by Gasteiger charge is 2.13. The van der Waals surface area contributed by atoms with E-state index in [1.165, 1.54) is 0 Å². The third kappa shape index (κ3) is 2.72. The molecule has 2 aromatic rings. The van der Waals surface area contributed by atoms with E-state index in [0.717, 1.165) is 28.1 Å². The van der Waals surface area contributed by atoms with Gasteiger partial charge in [-0.1, -0.05) is 59.3 Å². The molecule has 2 nitrogen and oxygen atoms in total. The Morgan fingerprint density at radius 3 is 2.67 bits per heavy atom. The van der Waals surface area contributed by atoms with Gasteiger partial charge in [-0.3, -0.25) is 4.79 Å². The van der Waals surface area contributed by atoms with Crippen LogP contribution in [0.1, 0.15) is 23.7 Å². The van der Waals surface area contributed by atoms with E-state index in [9.17, 15) is 4.79 Å². The van der Waals surface area contributed by atoms with Crippen LogP contribution in [0.5, 0.6) is 0 Å². The number of hydrogen-bond acceptors (Lipinski definition) is 1. The zero-order valence-electron chi connectivity index (χ0n) is 10.3. The highest BCUT2D eigenvalue weighted by Crippen LogP contribution is 2.18. The topological polar surface area (TPSA) is 29.1 Å². The van der Waals surface area contributed by atoms with E-state index >= 15 is 0 Å². The van der Waals surface area contributed by atoms with E-state index in [1.807, 2.05) is 42.5 Å². The van der Waals surface area contributed by atoms with Gasteiger partial charge in [0.25, 0.3) is 5.91 Å². The molecule has 1 N–H and O–H groups in total. The summed E-state index contributed by atoms with van der Waals surface area (Å²) >= 11 is 3.41. The van der Waals surface area contributed by atoms with Crippen LogP contribution in [0.25, 0.3) is 10.8 Å². The SMILES string of the molecule is CCC(CBr)NC(=O)c1cccc2ccccc12. The molecule has 0 spiro atoms. The summed E-state index contributed by atoms with van der Waals surface area (Å²) in [6.45, 7) is 2.06. The van der Waals surface area contributed by atoms with E-state index in [-0.39, 0.29) is 11.9 Å². The van der Waals surface area contributed by atoms with Gasteiger partial charge in [0.15, 0.2) is 0 Å². The molecule has 0 radical (unpaired) electrons. The number of carbonyl (C=O) groups excluding carboxylic acids is 1. The molecule has 0 aliphatic heterocycles. The summed E-state index contributed by atoms with van der Waals surface area (Å²) in [4.78, 5) is 12.3. The second-order valence-corrected chi connectivity index (χ2v) is 4.91. The van der Waals surface area contributed by atoms with Crippen LogP contribution < -0.4 is 5.32 Å². The third-order valence-corrected chi connectivity index (χ3v) is 3.83. The first-order valence-corrected chi connectivity index (χ1v) is 7.23. The zero-order valence-corrected chi connectivity index (χ0v) is 11.9. The molecule has 18 heavy (non-hydrogen) atoms. The maximum atomic E-state index is 12.3. The molecule has 3 heteroatoms. The lowest BCUT2D eigenvalue weighted by atomic mass is 10.0. The summed E-state index contributed by atoms with van der Waals surface area (Å²) in [5, 5.41) is 5.91. The molecular formula is C15H16BrNO. The minimum absolute atomic E-state index is 0.00176. The van der Waals surface area contributed by atoms with Gasteiger partial charge in [0.1, 0.15) is 0 Å². The van der Waals surface area contributed by atoms with Crippen molar-refractivity contribution in [3.05, 3.63) is 48.0 Å². The summed E-state index contributed by atoms with van der Waals surface area (Å²) in [5.74, 6) is -0.00176. The number of rotatable bonds is 4. The lowest BCUT2D eigenvalue weighted by Crippen LogP contribution is -2.35. The number of nitrogens with one attached hydrogen (secondary N) is 1. The van der Waals surface area contributed by atoms with Crippen molar-refractivity contribution in [2.24, 2.45) is 0 Å². The molecule has 0 heterocycles. The van der Waals surface area contributed by atoms with E-state index in [2.05, 4.69) is 28.2 Å². The van der Waals surface area contributed by atoms with E-state index in [4.69, 9.17) is 0 Å². The van der Waals surface area contributed by atoms with Crippen molar-refractivity contribution in [2.75, 3.05) is 5.33 Å². The predicted molar refractivity (Wildman–Crippen MR) is 79.3 cm³/mol. The second kappa shape index (κ2) is 6.01. The fraction of sp³-hybridized carbons (Fsp3) is 0.267. The molecular weight excluding hydrogens is 290 g/mol. The molecule has 0 saturated heterocycles. The Hall–Kier alpha value is -1.35. The van der Waals surface area contributed by atoms with Crippen molar-refractivity contribution < 1.29 is 4.79 Å². The maximum Gasteiger partial charge on any atom is 0.252 e. The molecule has 1 unspecified atom stereocenters. The monoisotopic (exact) mass is 305 g/mol. The largest absolute Gasteiger partial charge is 0.348 e. The standard InChI is InChI=1S/C15H16BrNO/c1-2-12(10-16)17-15(18)14-9-5-7-11-6-3-4-8-13(11)14/h3-9,12H,2,10H2,1H3,(H,17,18). The van der Waals surface area contributed by atoms with Crippen LogP contribution in [0.4, 0.5) is 0 Å². The number of alkyl halides is 1. The van der Waals surface area contributed by atoms with Crippen molar-refractivity contribution in [2.45, 2.75) is 19.4 Å². The molecule has 0 saturated carbocycles. The number of benzene rings is 2. The van der Waals surface area contributed by atoms with Crippen molar-refractivity contribution in [1.82, 2.24) is 5.32 Å². The van der Waals surface area contributed by atoms with Crippen molar-refractivity contribution in [3.63, 3.8) is 0 Å². The Balaban J connectivity index is 2.33. The van der Waals surface area contributed by atoms with Crippen LogP contribution in [0.3, 0.4) is 0 Å². The maximum absolute atomic E-state index is 12.3. The van der Waals surface area contributed by atoms with Gasteiger partial charge >= 0.3 is 0 Å². The first-order valence-electron chi connectivity index (χ1n) is 6.11.